The average Bonchev–Trinajstić information content (AvgIpc) is 3.00. The Morgan fingerprint density at radius 1 is 1.19 bits per heavy atom. The minimum Gasteiger partial charge on any atom is -0.302 e. The molecule has 1 atom stereocenters. The molecule has 112 valence electrons. The molecule has 1 aromatic carbocycles. The molecule has 0 saturated carbocycles. The molecular weight excluding hydrogens is 276 g/mol. The molecule has 1 N–H and O–H groups in total. The maximum atomic E-state index is 4.95. The average molecular weight is 300 g/mol. The summed E-state index contributed by atoms with van der Waals surface area (Å²) in [5.41, 5.74) is 5.45. The van der Waals surface area contributed by atoms with Crippen molar-refractivity contribution in [2.45, 2.75) is 59.0 Å². The third kappa shape index (κ3) is 2.90. The lowest BCUT2D eigenvalue weighted by atomic mass is 9.97. The summed E-state index contributed by atoms with van der Waals surface area (Å²) < 4.78 is 0. The van der Waals surface area contributed by atoms with Crippen molar-refractivity contribution in [2.75, 3.05) is 0 Å². The van der Waals surface area contributed by atoms with E-state index in [0.717, 1.165) is 6.42 Å². The highest BCUT2D eigenvalue weighted by molar-refractivity contribution is 7.11. The predicted octanol–water partition coefficient (Wildman–Crippen LogP) is 4.34. The van der Waals surface area contributed by atoms with Crippen LogP contribution in [0.4, 0.5) is 0 Å². The Morgan fingerprint density at radius 2 is 2.00 bits per heavy atom. The zero-order chi connectivity index (χ0) is 15.0. The minimum absolute atomic E-state index is 0.223. The van der Waals surface area contributed by atoms with E-state index in [1.807, 2.05) is 11.3 Å². The van der Waals surface area contributed by atoms with Crippen LogP contribution in [0, 0.1) is 13.8 Å². The molecule has 2 aromatic rings. The zero-order valence-corrected chi connectivity index (χ0v) is 14.2. The number of rotatable bonds is 4. The van der Waals surface area contributed by atoms with Gasteiger partial charge in [0.05, 0.1) is 11.7 Å². The molecule has 0 saturated heterocycles. The van der Waals surface area contributed by atoms with Gasteiger partial charge in [-0.2, -0.15) is 0 Å². The van der Waals surface area contributed by atoms with Crippen molar-refractivity contribution >= 4 is 11.3 Å². The van der Waals surface area contributed by atoms with Crippen molar-refractivity contribution in [3.63, 3.8) is 0 Å². The Bertz CT molecular complexity index is 621. The van der Waals surface area contributed by atoms with Crippen LogP contribution in [0.5, 0.6) is 0 Å². The molecule has 1 heterocycles. The van der Waals surface area contributed by atoms with Gasteiger partial charge in [-0.1, -0.05) is 18.2 Å². The highest BCUT2D eigenvalue weighted by Crippen LogP contribution is 2.34. The number of aryl methyl sites for hydroxylation is 3. The van der Waals surface area contributed by atoms with Gasteiger partial charge in [0.15, 0.2) is 0 Å². The molecule has 0 amide bonds. The van der Waals surface area contributed by atoms with Gasteiger partial charge in [0.2, 0.25) is 0 Å². The van der Waals surface area contributed by atoms with Gasteiger partial charge in [-0.15, -0.1) is 11.3 Å². The third-order valence-electron chi connectivity index (χ3n) is 4.32. The van der Waals surface area contributed by atoms with Gasteiger partial charge in [-0.25, -0.2) is 4.98 Å². The Balaban J connectivity index is 2.02. The van der Waals surface area contributed by atoms with E-state index >= 15 is 0 Å². The summed E-state index contributed by atoms with van der Waals surface area (Å²) in [5, 5.41) is 4.96. The van der Waals surface area contributed by atoms with Gasteiger partial charge in [-0.05, 0) is 63.6 Å². The molecule has 2 nitrogen and oxygen atoms in total. The largest absolute Gasteiger partial charge is 0.302 e. The molecule has 0 fully saturated rings. The fraction of sp³-hybridized carbons (Fsp3) is 0.500. The number of nitrogens with one attached hydrogen (secondary N) is 1. The molecule has 1 aliphatic carbocycles. The van der Waals surface area contributed by atoms with Crippen molar-refractivity contribution in [2.24, 2.45) is 0 Å². The topological polar surface area (TPSA) is 24.9 Å². The number of hydrogen-bond acceptors (Lipinski definition) is 3. The molecule has 0 radical (unpaired) electrons. The molecule has 0 aliphatic heterocycles. The predicted molar refractivity (Wildman–Crippen MR) is 90.2 cm³/mol. The molecule has 3 rings (SSSR count). The van der Waals surface area contributed by atoms with Gasteiger partial charge in [-0.3, -0.25) is 0 Å². The lowest BCUT2D eigenvalue weighted by Crippen LogP contribution is -2.29. The second kappa shape index (κ2) is 5.90. The highest BCUT2D eigenvalue weighted by atomic mass is 32.1. The number of fused-ring (bicyclic) bond motifs is 1. The van der Waals surface area contributed by atoms with Crippen LogP contribution in [0.1, 0.15) is 58.6 Å². The van der Waals surface area contributed by atoms with Crippen molar-refractivity contribution in [1.29, 1.82) is 0 Å². The van der Waals surface area contributed by atoms with Crippen molar-refractivity contribution < 1.29 is 0 Å². The number of benzene rings is 1. The lowest BCUT2D eigenvalue weighted by molar-refractivity contribution is 0.524. The molecule has 0 bridgehead atoms. The summed E-state index contributed by atoms with van der Waals surface area (Å²) in [6.45, 7) is 8.83. The molecule has 1 aliphatic rings. The Labute approximate surface area is 131 Å². The number of hydrogen-bond donors (Lipinski definition) is 1. The Kier molecular flexibility index (Phi) is 4.14. The fourth-order valence-corrected chi connectivity index (χ4v) is 4.28. The van der Waals surface area contributed by atoms with Gasteiger partial charge in [0.25, 0.3) is 0 Å². The second-order valence-corrected chi connectivity index (χ2v) is 7.43. The smallest absolute Gasteiger partial charge is 0.115 e. The molecule has 1 unspecified atom stereocenters. The molecule has 0 spiro atoms. The van der Waals surface area contributed by atoms with E-state index in [0.29, 0.717) is 6.04 Å². The van der Waals surface area contributed by atoms with E-state index in [1.54, 1.807) is 0 Å². The first-order chi connectivity index (χ1) is 10.1. The van der Waals surface area contributed by atoms with E-state index in [9.17, 15) is 0 Å². The summed E-state index contributed by atoms with van der Waals surface area (Å²) in [5.74, 6) is 0. The normalized spacial score (nSPS) is 15.5. The van der Waals surface area contributed by atoms with Crippen LogP contribution >= 0.6 is 11.3 Å². The van der Waals surface area contributed by atoms with Gasteiger partial charge in [0.1, 0.15) is 5.01 Å². The van der Waals surface area contributed by atoms with Crippen LogP contribution in [-0.4, -0.2) is 11.0 Å². The minimum atomic E-state index is 0.223. The summed E-state index contributed by atoms with van der Waals surface area (Å²) in [6, 6.07) is 7.25. The Hall–Kier alpha value is -1.19. The standard InChI is InChI=1S/C18H24N2S/c1-11(2)19-17(14-8-5-7-12(3)13(14)4)18-20-15-9-6-10-16(15)21-18/h5,7-8,11,17,19H,6,9-10H2,1-4H3. The summed E-state index contributed by atoms with van der Waals surface area (Å²) >= 11 is 1.91. The molecule has 1 aromatic heterocycles. The first-order valence-corrected chi connectivity index (χ1v) is 8.68. The van der Waals surface area contributed by atoms with Crippen molar-refractivity contribution in [1.82, 2.24) is 10.3 Å². The maximum Gasteiger partial charge on any atom is 0.115 e. The van der Waals surface area contributed by atoms with Crippen LogP contribution in [0.2, 0.25) is 0 Å². The molecule has 3 heteroatoms. The second-order valence-electron chi connectivity index (χ2n) is 6.32. The zero-order valence-electron chi connectivity index (χ0n) is 13.4. The lowest BCUT2D eigenvalue weighted by Gasteiger charge is -2.22. The van der Waals surface area contributed by atoms with E-state index in [4.69, 9.17) is 4.98 Å². The van der Waals surface area contributed by atoms with E-state index in [1.165, 1.54) is 45.1 Å². The maximum absolute atomic E-state index is 4.95. The van der Waals surface area contributed by atoms with Crippen LogP contribution in [0.25, 0.3) is 0 Å². The van der Waals surface area contributed by atoms with Crippen molar-refractivity contribution in [3.8, 4) is 0 Å². The summed E-state index contributed by atoms with van der Waals surface area (Å²) in [6.07, 6.45) is 3.65. The summed E-state index contributed by atoms with van der Waals surface area (Å²) in [7, 11) is 0. The number of nitrogens with zero attached hydrogens (tertiary/aromatic N) is 1. The van der Waals surface area contributed by atoms with Crippen LogP contribution in [0.3, 0.4) is 0 Å². The fourth-order valence-electron chi connectivity index (χ4n) is 3.05. The molecular formula is C18H24N2S. The first-order valence-electron chi connectivity index (χ1n) is 7.87. The molecule has 21 heavy (non-hydrogen) atoms. The quantitative estimate of drug-likeness (QED) is 0.908. The van der Waals surface area contributed by atoms with Gasteiger partial charge >= 0.3 is 0 Å². The SMILES string of the molecule is Cc1cccc(C(NC(C)C)c2nc3c(s2)CCC3)c1C. The van der Waals surface area contributed by atoms with Gasteiger partial charge < -0.3 is 5.32 Å². The summed E-state index contributed by atoms with van der Waals surface area (Å²) in [4.78, 5) is 6.45. The number of aromatic nitrogens is 1. The van der Waals surface area contributed by atoms with E-state index in [2.05, 4.69) is 51.2 Å². The monoisotopic (exact) mass is 300 g/mol. The number of thiazole rings is 1. The Morgan fingerprint density at radius 3 is 2.71 bits per heavy atom. The van der Waals surface area contributed by atoms with Crippen LogP contribution < -0.4 is 5.32 Å². The van der Waals surface area contributed by atoms with Crippen molar-refractivity contribution in [3.05, 3.63) is 50.5 Å². The third-order valence-corrected chi connectivity index (χ3v) is 5.54. The van der Waals surface area contributed by atoms with E-state index < -0.39 is 0 Å². The van der Waals surface area contributed by atoms with Crippen LogP contribution in [0.15, 0.2) is 18.2 Å². The van der Waals surface area contributed by atoms with Crippen LogP contribution in [-0.2, 0) is 12.8 Å². The van der Waals surface area contributed by atoms with Gasteiger partial charge in [0, 0.05) is 10.9 Å². The van der Waals surface area contributed by atoms with E-state index in [-0.39, 0.29) is 6.04 Å². The first kappa shape index (κ1) is 14.7. The highest BCUT2D eigenvalue weighted by Gasteiger charge is 2.24.